The van der Waals surface area contributed by atoms with Gasteiger partial charge in [-0.15, -0.1) is 6.58 Å². The van der Waals surface area contributed by atoms with Gasteiger partial charge in [-0.2, -0.15) is 0 Å². The molecule has 0 saturated heterocycles. The summed E-state index contributed by atoms with van der Waals surface area (Å²) in [5.74, 6) is 0.278. The fourth-order valence-electron chi connectivity index (χ4n) is 2.88. The quantitative estimate of drug-likeness (QED) is 0.606. The topological polar surface area (TPSA) is 20.2 Å². The first kappa shape index (κ1) is 11.4. The lowest BCUT2D eigenvalue weighted by Crippen LogP contribution is -2.38. The van der Waals surface area contributed by atoms with Crippen LogP contribution in [-0.4, -0.2) is 10.7 Å². The van der Waals surface area contributed by atoms with E-state index in [-0.39, 0.29) is 5.92 Å². The largest absolute Gasteiger partial charge is 0.389 e. The molecule has 86 valence electrons. The molecule has 1 saturated carbocycles. The molecule has 1 heteroatoms. The van der Waals surface area contributed by atoms with Crippen molar-refractivity contribution in [1.29, 1.82) is 0 Å². The highest BCUT2D eigenvalue weighted by molar-refractivity contribution is 5.24. The van der Waals surface area contributed by atoms with E-state index in [1.165, 1.54) is 12.0 Å². The van der Waals surface area contributed by atoms with Gasteiger partial charge in [0.05, 0.1) is 5.60 Å². The summed E-state index contributed by atoms with van der Waals surface area (Å²) in [6, 6.07) is 10.4. The Morgan fingerprint density at radius 3 is 2.75 bits per heavy atom. The summed E-state index contributed by atoms with van der Waals surface area (Å²) in [6.07, 6.45) is 6.90. The van der Waals surface area contributed by atoms with Gasteiger partial charge in [0, 0.05) is 5.92 Å². The van der Waals surface area contributed by atoms with Crippen molar-refractivity contribution < 1.29 is 5.11 Å². The summed E-state index contributed by atoms with van der Waals surface area (Å²) >= 11 is 0. The van der Waals surface area contributed by atoms with Gasteiger partial charge in [0.15, 0.2) is 0 Å². The Hall–Kier alpha value is -1.08. The second-order valence-corrected chi connectivity index (χ2v) is 4.81. The van der Waals surface area contributed by atoms with Gasteiger partial charge in [-0.25, -0.2) is 0 Å². The van der Waals surface area contributed by atoms with Gasteiger partial charge in [-0.3, -0.25) is 0 Å². The Morgan fingerprint density at radius 1 is 1.31 bits per heavy atom. The highest BCUT2D eigenvalue weighted by Crippen LogP contribution is 2.42. The first-order valence-electron chi connectivity index (χ1n) is 6.14. The molecular formula is C15H20O. The summed E-state index contributed by atoms with van der Waals surface area (Å²) in [5.41, 5.74) is 0.702. The van der Waals surface area contributed by atoms with Gasteiger partial charge >= 0.3 is 0 Å². The summed E-state index contributed by atoms with van der Waals surface area (Å²) in [4.78, 5) is 0. The van der Waals surface area contributed by atoms with Gasteiger partial charge in [-0.05, 0) is 24.8 Å². The SMILES string of the molecule is C=CC[C@@]1([18OH])CCCC[C@@H]1c1ccccc1. The van der Waals surface area contributed by atoms with Crippen molar-refractivity contribution in [1.82, 2.24) is 0 Å². The molecule has 1 aromatic rings. The number of hydrogen-bond donors (Lipinski definition) is 1. The second-order valence-electron chi connectivity index (χ2n) is 4.81. The Labute approximate surface area is 97.8 Å². The third-order valence-corrected chi connectivity index (χ3v) is 3.70. The van der Waals surface area contributed by atoms with E-state index in [4.69, 9.17) is 0 Å². The van der Waals surface area contributed by atoms with Gasteiger partial charge < -0.3 is 5.11 Å². The minimum Gasteiger partial charge on any atom is -0.389 e. The highest BCUT2D eigenvalue weighted by Gasteiger charge is 2.38. The lowest BCUT2D eigenvalue weighted by atomic mass is 9.71. The molecule has 1 N–H and O–H groups in total. The predicted octanol–water partition coefficient (Wildman–Crippen LogP) is 3.65. The van der Waals surface area contributed by atoms with E-state index >= 15 is 0 Å². The Kier molecular flexibility index (Phi) is 3.45. The average Bonchev–Trinajstić information content (AvgIpc) is 2.31. The predicted molar refractivity (Wildman–Crippen MR) is 67.4 cm³/mol. The molecular weight excluding hydrogens is 198 g/mol. The van der Waals surface area contributed by atoms with E-state index in [1.807, 2.05) is 12.1 Å². The molecule has 2 rings (SSSR count). The second kappa shape index (κ2) is 4.84. The van der Waals surface area contributed by atoms with E-state index < -0.39 is 5.60 Å². The normalized spacial score (nSPS) is 29.9. The third kappa shape index (κ3) is 2.19. The number of benzene rings is 1. The maximum atomic E-state index is 10.7. The van der Waals surface area contributed by atoms with Gasteiger partial charge in [-0.1, -0.05) is 49.2 Å². The van der Waals surface area contributed by atoms with Crippen LogP contribution in [0.4, 0.5) is 0 Å². The zero-order chi connectivity index (χ0) is 11.4. The lowest BCUT2D eigenvalue weighted by Gasteiger charge is -2.40. The van der Waals surface area contributed by atoms with E-state index in [0.717, 1.165) is 19.3 Å². The van der Waals surface area contributed by atoms with Crippen molar-refractivity contribution in [2.45, 2.75) is 43.6 Å². The molecule has 1 fully saturated rings. The maximum absolute atomic E-state index is 10.7. The van der Waals surface area contributed by atoms with Crippen LogP contribution in [0.25, 0.3) is 0 Å². The summed E-state index contributed by atoms with van der Waals surface area (Å²) < 4.78 is 0. The van der Waals surface area contributed by atoms with E-state index in [2.05, 4.69) is 30.8 Å². The van der Waals surface area contributed by atoms with E-state index in [9.17, 15) is 5.11 Å². The molecule has 1 nitrogen and oxygen atoms in total. The molecule has 2 atom stereocenters. The minimum absolute atomic E-state index is 0.278. The summed E-state index contributed by atoms with van der Waals surface area (Å²) in [5, 5.41) is 10.7. The molecule has 1 aliphatic rings. The molecule has 0 bridgehead atoms. The molecule has 0 aromatic heterocycles. The van der Waals surface area contributed by atoms with Crippen LogP contribution in [0.15, 0.2) is 43.0 Å². The van der Waals surface area contributed by atoms with E-state index in [0.29, 0.717) is 6.42 Å². The lowest BCUT2D eigenvalue weighted by molar-refractivity contribution is -0.0142. The fraction of sp³-hybridized carbons (Fsp3) is 0.467. The first-order valence-corrected chi connectivity index (χ1v) is 6.14. The summed E-state index contributed by atoms with van der Waals surface area (Å²) in [7, 11) is 0. The zero-order valence-electron chi connectivity index (χ0n) is 9.73. The van der Waals surface area contributed by atoms with Crippen LogP contribution in [0, 0.1) is 0 Å². The molecule has 0 radical (unpaired) electrons. The maximum Gasteiger partial charge on any atom is 0.0750 e. The van der Waals surface area contributed by atoms with Crippen LogP contribution in [0.2, 0.25) is 0 Å². The van der Waals surface area contributed by atoms with Crippen LogP contribution < -0.4 is 0 Å². The van der Waals surface area contributed by atoms with Crippen molar-refractivity contribution in [3.05, 3.63) is 48.6 Å². The number of hydrogen-bond acceptors (Lipinski definition) is 1. The monoisotopic (exact) mass is 218 g/mol. The van der Waals surface area contributed by atoms with Crippen molar-refractivity contribution >= 4 is 0 Å². The minimum atomic E-state index is -0.568. The standard InChI is InChI=1S/C15H20O/c1-2-11-15(16)12-7-6-10-14(15)13-8-4-3-5-9-13/h2-5,8-9,14,16H,1,6-7,10-12H2/t14-,15-/m1/s1/i16+2. The average molecular weight is 218 g/mol. The Balaban J connectivity index is 2.26. The van der Waals surface area contributed by atoms with Gasteiger partial charge in [0.1, 0.15) is 0 Å². The molecule has 16 heavy (non-hydrogen) atoms. The summed E-state index contributed by atoms with van der Waals surface area (Å²) in [6.45, 7) is 3.77. The van der Waals surface area contributed by atoms with E-state index in [1.54, 1.807) is 0 Å². The number of rotatable bonds is 3. The molecule has 1 aliphatic carbocycles. The van der Waals surface area contributed by atoms with Crippen LogP contribution >= 0.6 is 0 Å². The van der Waals surface area contributed by atoms with Gasteiger partial charge in [0.25, 0.3) is 0 Å². The van der Waals surface area contributed by atoms with Crippen LogP contribution in [0.1, 0.15) is 43.6 Å². The van der Waals surface area contributed by atoms with Crippen molar-refractivity contribution in [2.24, 2.45) is 0 Å². The third-order valence-electron chi connectivity index (χ3n) is 3.70. The molecule has 0 amide bonds. The molecule has 0 spiro atoms. The molecule has 0 heterocycles. The zero-order valence-corrected chi connectivity index (χ0v) is 9.73. The van der Waals surface area contributed by atoms with Crippen molar-refractivity contribution in [3.63, 3.8) is 0 Å². The molecule has 0 unspecified atom stereocenters. The Bertz CT molecular complexity index is 344. The smallest absolute Gasteiger partial charge is 0.0750 e. The first-order chi connectivity index (χ1) is 7.76. The van der Waals surface area contributed by atoms with Crippen molar-refractivity contribution in [3.8, 4) is 0 Å². The number of aliphatic hydroxyl groups is 1. The molecule has 0 aliphatic heterocycles. The van der Waals surface area contributed by atoms with Crippen LogP contribution in [0.5, 0.6) is 0 Å². The fourth-order valence-corrected chi connectivity index (χ4v) is 2.88. The molecule has 1 aromatic carbocycles. The van der Waals surface area contributed by atoms with Crippen molar-refractivity contribution in [2.75, 3.05) is 0 Å². The van der Waals surface area contributed by atoms with Crippen LogP contribution in [-0.2, 0) is 0 Å². The van der Waals surface area contributed by atoms with Crippen LogP contribution in [0.3, 0.4) is 0 Å². The Morgan fingerprint density at radius 2 is 2.06 bits per heavy atom. The highest BCUT2D eigenvalue weighted by atomic mass is 18.2. The van der Waals surface area contributed by atoms with Gasteiger partial charge in [0.2, 0.25) is 0 Å².